The summed E-state index contributed by atoms with van der Waals surface area (Å²) in [6, 6.07) is 0. The van der Waals surface area contributed by atoms with E-state index in [1.807, 2.05) is 45.7 Å². The average Bonchev–Trinajstić information content (AvgIpc) is 3.05. The Bertz CT molecular complexity index is 363. The Balaban J connectivity index is 0.000000774. The molecular formula is C14H27N3O2S2. The van der Waals surface area contributed by atoms with Crippen molar-refractivity contribution in [2.75, 3.05) is 25.4 Å². The van der Waals surface area contributed by atoms with Gasteiger partial charge in [-0.2, -0.15) is 0 Å². The zero-order chi connectivity index (χ0) is 15.5. The molecule has 0 spiro atoms. The Kier molecular flexibility index (Phi) is 6.28. The van der Waals surface area contributed by atoms with E-state index >= 15 is 0 Å². The molecule has 0 bridgehead atoms. The molecule has 7 heteroatoms. The molecule has 21 heavy (non-hydrogen) atoms. The fourth-order valence-corrected chi connectivity index (χ4v) is 4.74. The number of likely N-dealkylation sites (tertiary alicyclic amines) is 1. The molecule has 3 aliphatic heterocycles. The molecule has 3 N–H and O–H groups in total. The van der Waals surface area contributed by atoms with E-state index in [0.717, 1.165) is 25.4 Å². The van der Waals surface area contributed by atoms with E-state index in [4.69, 9.17) is 15.2 Å². The van der Waals surface area contributed by atoms with Crippen molar-refractivity contribution in [3.8, 4) is 0 Å². The van der Waals surface area contributed by atoms with E-state index in [1.165, 1.54) is 4.24 Å². The highest BCUT2D eigenvalue weighted by Gasteiger charge is 2.46. The van der Waals surface area contributed by atoms with Crippen LogP contribution in [0.4, 0.5) is 0 Å². The predicted molar refractivity (Wildman–Crippen MR) is 90.9 cm³/mol. The number of fused-ring (bicyclic) bond motifs is 1. The van der Waals surface area contributed by atoms with Crippen LogP contribution in [0.1, 0.15) is 27.7 Å². The highest BCUT2D eigenvalue weighted by Crippen LogP contribution is 2.35. The minimum Gasteiger partial charge on any atom is -0.366 e. The molecule has 0 aromatic heterocycles. The van der Waals surface area contributed by atoms with Crippen LogP contribution in [0.25, 0.3) is 0 Å². The van der Waals surface area contributed by atoms with Crippen LogP contribution in [0.2, 0.25) is 0 Å². The first-order chi connectivity index (χ1) is 10.0. The molecule has 2 saturated heterocycles. The van der Waals surface area contributed by atoms with Gasteiger partial charge in [-0.3, -0.25) is 4.90 Å². The van der Waals surface area contributed by atoms with Crippen molar-refractivity contribution in [2.24, 2.45) is 5.73 Å². The summed E-state index contributed by atoms with van der Waals surface area (Å²) in [7, 11) is 0. The molecule has 3 heterocycles. The molecule has 122 valence electrons. The van der Waals surface area contributed by atoms with Crippen LogP contribution in [0.15, 0.2) is 10.4 Å². The number of hydrogen-bond acceptors (Lipinski definition) is 7. The van der Waals surface area contributed by atoms with Gasteiger partial charge in [0, 0.05) is 31.6 Å². The summed E-state index contributed by atoms with van der Waals surface area (Å²) in [5.74, 6) is 0.680. The topological polar surface area (TPSA) is 59.8 Å². The van der Waals surface area contributed by atoms with Gasteiger partial charge in [0.15, 0.2) is 5.79 Å². The Labute approximate surface area is 136 Å². The van der Waals surface area contributed by atoms with Gasteiger partial charge in [-0.1, -0.05) is 25.6 Å². The van der Waals surface area contributed by atoms with Gasteiger partial charge in [-0.25, -0.2) is 0 Å². The molecule has 3 aliphatic rings. The number of ether oxygens (including phenoxy) is 2. The molecule has 0 aromatic rings. The molecule has 2 fully saturated rings. The summed E-state index contributed by atoms with van der Waals surface area (Å²) in [5, 5.41) is 3.09. The van der Waals surface area contributed by atoms with Gasteiger partial charge in [0.2, 0.25) is 0 Å². The third kappa shape index (κ3) is 4.77. The fraction of sp³-hybridized carbons (Fsp3) is 0.857. The smallest absolute Gasteiger partial charge is 0.163 e. The normalized spacial score (nSPS) is 34.0. The lowest BCUT2D eigenvalue weighted by atomic mass is 10.3. The van der Waals surface area contributed by atoms with E-state index in [9.17, 15) is 0 Å². The zero-order valence-corrected chi connectivity index (χ0v) is 14.9. The molecule has 0 saturated carbocycles. The molecule has 0 aromatic carbocycles. The summed E-state index contributed by atoms with van der Waals surface area (Å²) >= 11 is 3.55. The average molecular weight is 334 g/mol. The lowest BCUT2D eigenvalue weighted by Crippen LogP contribution is -2.31. The lowest BCUT2D eigenvalue weighted by Gasteiger charge is -2.22. The molecule has 3 rings (SSSR count). The SMILES string of the molecule is CC.CC1(C)OC2CN(CCSC3=CNC(N)S3)CC2O1. The second-order valence-electron chi connectivity index (χ2n) is 5.49. The van der Waals surface area contributed by atoms with Gasteiger partial charge < -0.3 is 20.5 Å². The van der Waals surface area contributed by atoms with E-state index in [-0.39, 0.29) is 17.7 Å². The summed E-state index contributed by atoms with van der Waals surface area (Å²) in [4.78, 5) is 2.42. The number of rotatable bonds is 4. The second kappa shape index (κ2) is 7.57. The number of nitrogens with zero attached hydrogens (tertiary/aromatic N) is 1. The first-order valence-electron chi connectivity index (χ1n) is 7.61. The van der Waals surface area contributed by atoms with Crippen LogP contribution in [0, 0.1) is 0 Å². The maximum Gasteiger partial charge on any atom is 0.163 e. The van der Waals surface area contributed by atoms with Gasteiger partial charge in [-0.15, -0.1) is 11.8 Å². The largest absolute Gasteiger partial charge is 0.366 e. The van der Waals surface area contributed by atoms with Crippen LogP contribution in [0.3, 0.4) is 0 Å². The molecule has 3 unspecified atom stereocenters. The van der Waals surface area contributed by atoms with Gasteiger partial charge >= 0.3 is 0 Å². The fourth-order valence-electron chi connectivity index (χ4n) is 2.68. The van der Waals surface area contributed by atoms with Crippen molar-refractivity contribution >= 4 is 23.5 Å². The maximum absolute atomic E-state index is 5.88. The van der Waals surface area contributed by atoms with Crippen LogP contribution in [0.5, 0.6) is 0 Å². The first-order valence-corrected chi connectivity index (χ1v) is 9.48. The van der Waals surface area contributed by atoms with E-state index in [0.29, 0.717) is 0 Å². The van der Waals surface area contributed by atoms with Gasteiger partial charge in [0.1, 0.15) is 17.7 Å². The minimum absolute atomic E-state index is 0.0256. The number of thioether (sulfide) groups is 2. The quantitative estimate of drug-likeness (QED) is 0.815. The number of nitrogens with one attached hydrogen (secondary N) is 1. The Hall–Kier alpha value is 0.0800. The maximum atomic E-state index is 5.88. The van der Waals surface area contributed by atoms with Crippen LogP contribution in [-0.2, 0) is 9.47 Å². The van der Waals surface area contributed by atoms with Crippen molar-refractivity contribution in [1.82, 2.24) is 10.2 Å². The summed E-state index contributed by atoms with van der Waals surface area (Å²) in [6.45, 7) is 11.0. The van der Waals surface area contributed by atoms with Crippen LogP contribution in [-0.4, -0.2) is 53.8 Å². The monoisotopic (exact) mass is 333 g/mol. The molecule has 0 amide bonds. The Morgan fingerprint density at radius 3 is 2.52 bits per heavy atom. The van der Waals surface area contributed by atoms with E-state index in [2.05, 4.69) is 10.2 Å². The van der Waals surface area contributed by atoms with Crippen molar-refractivity contribution < 1.29 is 9.47 Å². The van der Waals surface area contributed by atoms with Gasteiger partial charge in [-0.05, 0) is 13.8 Å². The first kappa shape index (κ1) is 17.4. The van der Waals surface area contributed by atoms with Crippen molar-refractivity contribution in [1.29, 1.82) is 0 Å². The summed E-state index contributed by atoms with van der Waals surface area (Å²) in [5.41, 5.74) is 5.78. The zero-order valence-electron chi connectivity index (χ0n) is 13.3. The van der Waals surface area contributed by atoms with Crippen LogP contribution < -0.4 is 11.1 Å². The molecule has 0 radical (unpaired) electrons. The van der Waals surface area contributed by atoms with E-state index in [1.54, 1.807) is 11.8 Å². The number of hydrogen-bond donors (Lipinski definition) is 2. The van der Waals surface area contributed by atoms with Crippen LogP contribution >= 0.6 is 23.5 Å². The predicted octanol–water partition coefficient (Wildman–Crippen LogP) is 1.96. The molecular weight excluding hydrogens is 306 g/mol. The third-order valence-corrected chi connectivity index (χ3v) is 5.59. The second-order valence-corrected chi connectivity index (χ2v) is 8.07. The molecule has 3 atom stereocenters. The highest BCUT2D eigenvalue weighted by molar-refractivity contribution is 8.22. The highest BCUT2D eigenvalue weighted by atomic mass is 32.2. The van der Waals surface area contributed by atoms with Crippen molar-refractivity contribution in [2.45, 2.75) is 51.2 Å². The molecule has 5 nitrogen and oxygen atoms in total. The van der Waals surface area contributed by atoms with Crippen molar-refractivity contribution in [3.63, 3.8) is 0 Å². The van der Waals surface area contributed by atoms with Gasteiger partial charge in [0.05, 0.1) is 4.24 Å². The Morgan fingerprint density at radius 2 is 2.00 bits per heavy atom. The van der Waals surface area contributed by atoms with Gasteiger partial charge in [0.25, 0.3) is 0 Å². The van der Waals surface area contributed by atoms with E-state index < -0.39 is 5.79 Å². The summed E-state index contributed by atoms with van der Waals surface area (Å²) in [6.07, 6.45) is 2.50. The third-order valence-electron chi connectivity index (χ3n) is 3.42. The number of nitrogens with two attached hydrogens (primary N) is 1. The van der Waals surface area contributed by atoms with Crippen molar-refractivity contribution in [3.05, 3.63) is 10.4 Å². The Morgan fingerprint density at radius 1 is 1.38 bits per heavy atom. The lowest BCUT2D eigenvalue weighted by molar-refractivity contribution is -0.155. The molecule has 0 aliphatic carbocycles. The summed E-state index contributed by atoms with van der Waals surface area (Å²) < 4.78 is 13.0. The standard InChI is InChI=1S/C12H21N3O2S2.C2H6/c1-12(2)16-8-6-15(7-9(8)17-12)3-4-18-10-5-14-11(13)19-10;1-2/h5,8-9,11,14H,3-4,6-7,13H2,1-2H3;1-2H3. The minimum atomic E-state index is -0.400.